The number of carbonyl (C=O) groups is 1. The van der Waals surface area contributed by atoms with Gasteiger partial charge in [0.1, 0.15) is 5.75 Å². The number of nitrogens with zero attached hydrogens (tertiary/aromatic N) is 1. The first-order valence-electron chi connectivity index (χ1n) is 7.14. The maximum absolute atomic E-state index is 11.0. The lowest BCUT2D eigenvalue weighted by Crippen LogP contribution is -2.46. The van der Waals surface area contributed by atoms with Crippen LogP contribution in [0.3, 0.4) is 0 Å². The van der Waals surface area contributed by atoms with Crippen LogP contribution in [0.2, 0.25) is 0 Å². The Hall–Kier alpha value is -1.55. The zero-order chi connectivity index (χ0) is 14.7. The number of ether oxygens (including phenoxy) is 1. The highest BCUT2D eigenvalue weighted by molar-refractivity contribution is 5.69. The highest BCUT2D eigenvalue weighted by atomic mass is 16.5. The van der Waals surface area contributed by atoms with Crippen LogP contribution in [-0.2, 0) is 17.6 Å². The van der Waals surface area contributed by atoms with Gasteiger partial charge >= 0.3 is 5.97 Å². The molecular formula is C16H23NO3. The number of aryl methyl sites for hydroxylation is 1. The lowest BCUT2D eigenvalue weighted by Gasteiger charge is -2.37. The molecule has 4 heteroatoms. The van der Waals surface area contributed by atoms with E-state index >= 15 is 0 Å². The second-order valence-electron chi connectivity index (χ2n) is 5.69. The standard InChI is InChI=1S/C16H23NO3/c1-11(2)17(10-16(18)19)14-6-4-12-5-7-15(20-3)9-13(12)8-14/h5,7,9,11,14H,4,6,8,10H2,1-3H3,(H,18,19). The predicted octanol–water partition coefficient (Wildman–Crippen LogP) is 2.35. The first-order valence-corrected chi connectivity index (χ1v) is 7.14. The van der Waals surface area contributed by atoms with Crippen LogP contribution < -0.4 is 4.74 Å². The first kappa shape index (κ1) is 14.9. The Morgan fingerprint density at radius 3 is 2.80 bits per heavy atom. The van der Waals surface area contributed by atoms with Gasteiger partial charge in [0.2, 0.25) is 0 Å². The molecule has 0 fully saturated rings. The topological polar surface area (TPSA) is 49.8 Å². The van der Waals surface area contributed by atoms with Crippen LogP contribution in [0.25, 0.3) is 0 Å². The maximum Gasteiger partial charge on any atom is 0.317 e. The molecule has 0 saturated carbocycles. The molecule has 0 spiro atoms. The smallest absolute Gasteiger partial charge is 0.317 e. The molecule has 0 heterocycles. The van der Waals surface area contributed by atoms with Gasteiger partial charge in [0.05, 0.1) is 13.7 Å². The van der Waals surface area contributed by atoms with Crippen LogP contribution in [0.1, 0.15) is 31.4 Å². The van der Waals surface area contributed by atoms with Crippen LogP contribution >= 0.6 is 0 Å². The Morgan fingerprint density at radius 1 is 1.45 bits per heavy atom. The third-order valence-electron chi connectivity index (χ3n) is 4.07. The van der Waals surface area contributed by atoms with E-state index in [0.29, 0.717) is 6.04 Å². The molecule has 1 aliphatic rings. The van der Waals surface area contributed by atoms with E-state index in [9.17, 15) is 4.79 Å². The molecule has 0 aromatic heterocycles. The minimum atomic E-state index is -0.755. The number of hydrogen-bond acceptors (Lipinski definition) is 3. The minimum absolute atomic E-state index is 0.113. The lowest BCUT2D eigenvalue weighted by molar-refractivity contribution is -0.139. The summed E-state index contributed by atoms with van der Waals surface area (Å²) in [6.07, 6.45) is 2.93. The van der Waals surface area contributed by atoms with Crippen molar-refractivity contribution >= 4 is 5.97 Å². The molecule has 1 unspecified atom stereocenters. The number of carboxylic acid groups (broad SMARTS) is 1. The van der Waals surface area contributed by atoms with E-state index < -0.39 is 5.97 Å². The van der Waals surface area contributed by atoms with Crippen LogP contribution in [0.4, 0.5) is 0 Å². The van der Waals surface area contributed by atoms with E-state index in [2.05, 4.69) is 30.9 Å². The first-order chi connectivity index (χ1) is 9.51. The van der Waals surface area contributed by atoms with Gasteiger partial charge in [-0.15, -0.1) is 0 Å². The van der Waals surface area contributed by atoms with E-state index in [-0.39, 0.29) is 12.6 Å². The van der Waals surface area contributed by atoms with Gasteiger partial charge in [0, 0.05) is 12.1 Å². The molecule has 20 heavy (non-hydrogen) atoms. The molecule has 110 valence electrons. The van der Waals surface area contributed by atoms with Gasteiger partial charge < -0.3 is 9.84 Å². The van der Waals surface area contributed by atoms with Crippen molar-refractivity contribution in [2.75, 3.05) is 13.7 Å². The second-order valence-corrected chi connectivity index (χ2v) is 5.69. The Morgan fingerprint density at radius 2 is 2.20 bits per heavy atom. The number of rotatable bonds is 5. The summed E-state index contributed by atoms with van der Waals surface area (Å²) in [5, 5.41) is 9.08. The van der Waals surface area contributed by atoms with Gasteiger partial charge in [-0.3, -0.25) is 9.69 Å². The zero-order valence-corrected chi connectivity index (χ0v) is 12.4. The highest BCUT2D eigenvalue weighted by Crippen LogP contribution is 2.28. The zero-order valence-electron chi connectivity index (χ0n) is 12.4. The Bertz CT molecular complexity index is 485. The molecule has 0 aliphatic heterocycles. The van der Waals surface area contributed by atoms with Gasteiger partial charge in [-0.1, -0.05) is 6.07 Å². The van der Waals surface area contributed by atoms with Gasteiger partial charge in [0.25, 0.3) is 0 Å². The van der Waals surface area contributed by atoms with E-state index in [1.165, 1.54) is 11.1 Å². The number of carboxylic acids is 1. The average molecular weight is 277 g/mol. The predicted molar refractivity (Wildman–Crippen MR) is 78.3 cm³/mol. The van der Waals surface area contributed by atoms with Crippen LogP contribution in [0.5, 0.6) is 5.75 Å². The van der Waals surface area contributed by atoms with Gasteiger partial charge in [-0.05, 0) is 56.4 Å². The van der Waals surface area contributed by atoms with Crippen molar-refractivity contribution in [2.24, 2.45) is 0 Å². The molecule has 0 radical (unpaired) electrons. The van der Waals surface area contributed by atoms with E-state index in [1.807, 2.05) is 6.07 Å². The van der Waals surface area contributed by atoms with Crippen molar-refractivity contribution in [1.82, 2.24) is 4.90 Å². The third kappa shape index (κ3) is 3.31. The summed E-state index contributed by atoms with van der Waals surface area (Å²) in [6, 6.07) is 6.74. The molecule has 0 saturated heterocycles. The second kappa shape index (κ2) is 6.27. The highest BCUT2D eigenvalue weighted by Gasteiger charge is 2.27. The van der Waals surface area contributed by atoms with Crippen molar-refractivity contribution in [3.05, 3.63) is 29.3 Å². The monoisotopic (exact) mass is 277 g/mol. The lowest BCUT2D eigenvalue weighted by atomic mass is 9.87. The number of hydrogen-bond donors (Lipinski definition) is 1. The summed E-state index contributed by atoms with van der Waals surface area (Å²) in [4.78, 5) is 13.1. The molecule has 0 amide bonds. The van der Waals surface area contributed by atoms with Crippen LogP contribution in [0.15, 0.2) is 18.2 Å². The molecule has 1 aliphatic carbocycles. The normalized spacial score (nSPS) is 18.1. The fraction of sp³-hybridized carbons (Fsp3) is 0.562. The summed E-state index contributed by atoms with van der Waals surface area (Å²) >= 11 is 0. The molecular weight excluding hydrogens is 254 g/mol. The largest absolute Gasteiger partial charge is 0.497 e. The van der Waals surface area contributed by atoms with Gasteiger partial charge in [-0.25, -0.2) is 0 Å². The minimum Gasteiger partial charge on any atom is -0.497 e. The average Bonchev–Trinajstić information content (AvgIpc) is 2.43. The van der Waals surface area contributed by atoms with Crippen LogP contribution in [-0.4, -0.2) is 41.7 Å². The van der Waals surface area contributed by atoms with Crippen molar-refractivity contribution < 1.29 is 14.6 Å². The number of methoxy groups -OCH3 is 1. The van der Waals surface area contributed by atoms with Gasteiger partial charge in [-0.2, -0.15) is 0 Å². The van der Waals surface area contributed by atoms with Crippen molar-refractivity contribution in [2.45, 2.75) is 45.2 Å². The third-order valence-corrected chi connectivity index (χ3v) is 4.07. The van der Waals surface area contributed by atoms with E-state index in [1.54, 1.807) is 7.11 Å². The summed E-state index contributed by atoms with van der Waals surface area (Å²) < 4.78 is 5.28. The van der Waals surface area contributed by atoms with E-state index in [0.717, 1.165) is 25.0 Å². The summed E-state index contributed by atoms with van der Waals surface area (Å²) in [6.45, 7) is 4.23. The number of benzene rings is 1. The fourth-order valence-electron chi connectivity index (χ4n) is 3.01. The fourth-order valence-corrected chi connectivity index (χ4v) is 3.01. The summed E-state index contributed by atoms with van der Waals surface area (Å²) in [7, 11) is 1.67. The summed E-state index contributed by atoms with van der Waals surface area (Å²) in [5.41, 5.74) is 2.65. The summed E-state index contributed by atoms with van der Waals surface area (Å²) in [5.74, 6) is 0.119. The van der Waals surface area contributed by atoms with Crippen LogP contribution in [0, 0.1) is 0 Å². The van der Waals surface area contributed by atoms with Gasteiger partial charge in [0.15, 0.2) is 0 Å². The molecule has 0 bridgehead atoms. The molecule has 1 aromatic carbocycles. The number of aliphatic carboxylic acids is 1. The number of fused-ring (bicyclic) bond motifs is 1. The SMILES string of the molecule is COc1ccc2c(c1)CC(N(CC(=O)O)C(C)C)CC2. The quantitative estimate of drug-likeness (QED) is 0.897. The molecule has 2 rings (SSSR count). The Kier molecular flexibility index (Phi) is 4.65. The molecule has 4 nitrogen and oxygen atoms in total. The Balaban J connectivity index is 2.17. The van der Waals surface area contributed by atoms with Crippen molar-refractivity contribution in [3.8, 4) is 5.75 Å². The molecule has 1 atom stereocenters. The molecule has 1 aromatic rings. The Labute approximate surface area is 120 Å². The van der Waals surface area contributed by atoms with E-state index in [4.69, 9.17) is 9.84 Å². The van der Waals surface area contributed by atoms with Crippen molar-refractivity contribution in [1.29, 1.82) is 0 Å². The maximum atomic E-state index is 11.0. The van der Waals surface area contributed by atoms with Crippen molar-refractivity contribution in [3.63, 3.8) is 0 Å². The molecule has 1 N–H and O–H groups in total.